The molecule has 5 nitrogen and oxygen atoms in total. The number of hydrogen-bond donors (Lipinski definition) is 1. The summed E-state index contributed by atoms with van der Waals surface area (Å²) in [6.45, 7) is 4.52. The van der Waals surface area contributed by atoms with Gasteiger partial charge >= 0.3 is 0 Å². The molecule has 0 bridgehead atoms. The highest BCUT2D eigenvalue weighted by Crippen LogP contribution is 2.21. The largest absolute Gasteiger partial charge is 0.349 e. The molecule has 1 aliphatic rings. The van der Waals surface area contributed by atoms with E-state index in [4.69, 9.17) is 0 Å². The van der Waals surface area contributed by atoms with Gasteiger partial charge in [-0.25, -0.2) is 0 Å². The second-order valence-corrected chi connectivity index (χ2v) is 7.55. The minimum absolute atomic E-state index is 0.0915. The van der Waals surface area contributed by atoms with Gasteiger partial charge in [-0.15, -0.1) is 0 Å². The molecule has 28 heavy (non-hydrogen) atoms. The Kier molecular flexibility index (Phi) is 6.47. The van der Waals surface area contributed by atoms with Crippen LogP contribution in [-0.4, -0.2) is 61.4 Å². The van der Waals surface area contributed by atoms with Gasteiger partial charge in [-0.05, 0) is 35.2 Å². The highest BCUT2D eigenvalue weighted by molar-refractivity contribution is 5.94. The zero-order valence-corrected chi connectivity index (χ0v) is 16.9. The number of nitrogens with one attached hydrogen (secondary N) is 1. The minimum atomic E-state index is 0.0915. The van der Waals surface area contributed by atoms with E-state index in [1.807, 2.05) is 53.4 Å². The van der Waals surface area contributed by atoms with Crippen LogP contribution in [0.4, 0.5) is 0 Å². The molecule has 0 saturated carbocycles. The van der Waals surface area contributed by atoms with Gasteiger partial charge in [0.05, 0.1) is 6.42 Å². The number of piperazine rings is 1. The van der Waals surface area contributed by atoms with Gasteiger partial charge < -0.3 is 15.1 Å². The number of nitrogens with zero attached hydrogens (tertiary/aromatic N) is 2. The Balaban J connectivity index is 1.67. The molecule has 0 unspecified atom stereocenters. The Morgan fingerprint density at radius 1 is 1.04 bits per heavy atom. The molecule has 1 aliphatic heterocycles. The molecular formula is C23H29N3O2. The molecule has 2 aromatic rings. The molecule has 3 rings (SSSR count). The van der Waals surface area contributed by atoms with E-state index in [2.05, 4.69) is 12.2 Å². The summed E-state index contributed by atoms with van der Waals surface area (Å²) in [5.74, 6) is 0.192. The zero-order valence-electron chi connectivity index (χ0n) is 16.9. The van der Waals surface area contributed by atoms with Crippen molar-refractivity contribution in [2.24, 2.45) is 0 Å². The van der Waals surface area contributed by atoms with Gasteiger partial charge in [0.25, 0.3) is 5.91 Å². The average molecular weight is 380 g/mol. The van der Waals surface area contributed by atoms with Crippen LogP contribution in [0.15, 0.2) is 48.5 Å². The first kappa shape index (κ1) is 20.1. The van der Waals surface area contributed by atoms with Crippen LogP contribution in [0.5, 0.6) is 0 Å². The van der Waals surface area contributed by atoms with E-state index in [1.165, 1.54) is 0 Å². The second kappa shape index (κ2) is 9.02. The highest BCUT2D eigenvalue weighted by Gasteiger charge is 2.22. The summed E-state index contributed by atoms with van der Waals surface area (Å²) in [5, 5.41) is 3.44. The first-order valence-electron chi connectivity index (χ1n) is 9.90. The fourth-order valence-electron chi connectivity index (χ4n) is 3.42. The maximum absolute atomic E-state index is 12.8. The Morgan fingerprint density at radius 2 is 1.64 bits per heavy atom. The normalized spacial score (nSPS) is 16.7. The van der Waals surface area contributed by atoms with Crippen molar-refractivity contribution in [1.82, 2.24) is 15.1 Å². The van der Waals surface area contributed by atoms with Crippen LogP contribution in [0.3, 0.4) is 0 Å². The number of benzene rings is 2. The van der Waals surface area contributed by atoms with Crippen LogP contribution in [-0.2, 0) is 11.2 Å². The molecular weight excluding hydrogens is 350 g/mol. The van der Waals surface area contributed by atoms with E-state index >= 15 is 0 Å². The number of amides is 2. The van der Waals surface area contributed by atoms with Gasteiger partial charge in [0.1, 0.15) is 0 Å². The third kappa shape index (κ3) is 4.78. The van der Waals surface area contributed by atoms with Gasteiger partial charge in [-0.3, -0.25) is 9.59 Å². The van der Waals surface area contributed by atoms with Crippen molar-refractivity contribution < 1.29 is 9.59 Å². The zero-order chi connectivity index (χ0) is 20.1. The third-order valence-electron chi connectivity index (χ3n) is 5.31. The summed E-state index contributed by atoms with van der Waals surface area (Å²) >= 11 is 0. The second-order valence-electron chi connectivity index (χ2n) is 7.55. The summed E-state index contributed by atoms with van der Waals surface area (Å²) in [5.41, 5.74) is 3.87. The average Bonchev–Trinajstić information content (AvgIpc) is 2.74. The molecule has 0 aromatic heterocycles. The van der Waals surface area contributed by atoms with E-state index in [1.54, 1.807) is 19.0 Å². The van der Waals surface area contributed by atoms with E-state index in [0.29, 0.717) is 12.5 Å². The monoisotopic (exact) mass is 379 g/mol. The Morgan fingerprint density at radius 3 is 2.21 bits per heavy atom. The lowest BCUT2D eigenvalue weighted by atomic mass is 10.0. The molecule has 2 amide bonds. The number of carbonyl (C=O) groups excluding carboxylic acids is 2. The predicted molar refractivity (Wildman–Crippen MR) is 112 cm³/mol. The van der Waals surface area contributed by atoms with E-state index in [-0.39, 0.29) is 11.8 Å². The maximum Gasteiger partial charge on any atom is 0.253 e. The van der Waals surface area contributed by atoms with Crippen LogP contribution in [0.2, 0.25) is 0 Å². The van der Waals surface area contributed by atoms with Crippen LogP contribution in [0, 0.1) is 0 Å². The quantitative estimate of drug-likeness (QED) is 0.869. The molecule has 0 aliphatic carbocycles. The Hall–Kier alpha value is -2.66. The van der Waals surface area contributed by atoms with E-state index in [9.17, 15) is 9.59 Å². The van der Waals surface area contributed by atoms with Gasteiger partial charge in [-0.2, -0.15) is 0 Å². The van der Waals surface area contributed by atoms with Crippen LogP contribution in [0.1, 0.15) is 29.3 Å². The number of hydrogen-bond acceptors (Lipinski definition) is 3. The first-order chi connectivity index (χ1) is 13.5. The molecule has 0 radical (unpaired) electrons. The standard InChI is InChI=1S/C23H29N3O2/c1-4-21-16-26(14-13-24-21)23(28)20-11-9-19(10-12-20)18-7-5-17(6-8-18)15-22(27)25(2)3/h5-12,21,24H,4,13-16H2,1-3H3/t21-/m1/s1. The Labute approximate surface area is 167 Å². The smallest absolute Gasteiger partial charge is 0.253 e. The fourth-order valence-corrected chi connectivity index (χ4v) is 3.42. The van der Waals surface area contributed by atoms with Crippen molar-refractivity contribution in [2.75, 3.05) is 33.7 Å². The van der Waals surface area contributed by atoms with Gasteiger partial charge in [0.15, 0.2) is 0 Å². The SMILES string of the molecule is CC[C@@H]1CN(C(=O)c2ccc(-c3ccc(CC(=O)N(C)C)cc3)cc2)CCN1. The lowest BCUT2D eigenvalue weighted by molar-refractivity contribution is -0.127. The van der Waals surface area contributed by atoms with Crippen molar-refractivity contribution >= 4 is 11.8 Å². The van der Waals surface area contributed by atoms with Crippen molar-refractivity contribution in [2.45, 2.75) is 25.8 Å². The van der Waals surface area contributed by atoms with Crippen LogP contribution >= 0.6 is 0 Å². The van der Waals surface area contributed by atoms with Gasteiger partial charge in [0.2, 0.25) is 5.91 Å². The predicted octanol–water partition coefficient (Wildman–Crippen LogP) is 2.81. The first-order valence-corrected chi connectivity index (χ1v) is 9.90. The van der Waals surface area contributed by atoms with Gasteiger partial charge in [-0.1, -0.05) is 43.3 Å². The number of likely N-dealkylation sites (N-methyl/N-ethyl adjacent to an activating group) is 1. The molecule has 148 valence electrons. The summed E-state index contributed by atoms with van der Waals surface area (Å²) in [6, 6.07) is 16.2. The topological polar surface area (TPSA) is 52.7 Å². The number of carbonyl (C=O) groups is 2. The third-order valence-corrected chi connectivity index (χ3v) is 5.31. The Bertz CT molecular complexity index is 813. The van der Waals surface area contributed by atoms with Crippen molar-refractivity contribution in [1.29, 1.82) is 0 Å². The molecule has 1 fully saturated rings. The maximum atomic E-state index is 12.8. The van der Waals surface area contributed by atoms with Gasteiger partial charge in [0, 0.05) is 45.3 Å². The molecule has 1 N–H and O–H groups in total. The van der Waals surface area contributed by atoms with E-state index in [0.717, 1.165) is 48.3 Å². The van der Waals surface area contributed by atoms with Crippen LogP contribution < -0.4 is 5.32 Å². The summed E-state index contributed by atoms with van der Waals surface area (Å²) in [7, 11) is 3.53. The summed E-state index contributed by atoms with van der Waals surface area (Å²) < 4.78 is 0. The van der Waals surface area contributed by atoms with Crippen molar-refractivity contribution in [3.05, 3.63) is 59.7 Å². The van der Waals surface area contributed by atoms with E-state index < -0.39 is 0 Å². The molecule has 1 atom stereocenters. The van der Waals surface area contributed by atoms with Crippen LogP contribution in [0.25, 0.3) is 11.1 Å². The van der Waals surface area contributed by atoms with Crippen molar-refractivity contribution in [3.63, 3.8) is 0 Å². The molecule has 0 spiro atoms. The lowest BCUT2D eigenvalue weighted by Crippen LogP contribution is -2.52. The molecule has 5 heteroatoms. The highest BCUT2D eigenvalue weighted by atomic mass is 16.2. The minimum Gasteiger partial charge on any atom is -0.349 e. The number of rotatable bonds is 5. The molecule has 2 aromatic carbocycles. The fraction of sp³-hybridized carbons (Fsp3) is 0.391. The molecule has 1 saturated heterocycles. The summed E-state index contributed by atoms with van der Waals surface area (Å²) in [6.07, 6.45) is 1.43. The summed E-state index contributed by atoms with van der Waals surface area (Å²) in [4.78, 5) is 28.1. The lowest BCUT2D eigenvalue weighted by Gasteiger charge is -2.33. The van der Waals surface area contributed by atoms with Crippen molar-refractivity contribution in [3.8, 4) is 11.1 Å². The molecule has 1 heterocycles.